The molecule has 0 saturated carbocycles. The van der Waals surface area contributed by atoms with Crippen LogP contribution in [0.1, 0.15) is 17.5 Å². The molecule has 6 heterocycles. The Morgan fingerprint density at radius 2 is 1.19 bits per heavy atom. The van der Waals surface area contributed by atoms with Crippen LogP contribution in [0.25, 0.3) is 83.6 Å². The largest absolute Gasteiger partial charge is 0.331 e. The van der Waals surface area contributed by atoms with Gasteiger partial charge in [0, 0.05) is 49.2 Å². The van der Waals surface area contributed by atoms with Crippen LogP contribution in [-0.4, -0.2) is 19.1 Å². The van der Waals surface area contributed by atoms with Gasteiger partial charge in [-0.3, -0.25) is 4.57 Å². The van der Waals surface area contributed by atoms with Crippen LogP contribution < -0.4 is 15.6 Å². The first-order valence-corrected chi connectivity index (χ1v) is 19.7. The number of anilines is 2. The third-order valence-corrected chi connectivity index (χ3v) is 12.4. The van der Waals surface area contributed by atoms with Gasteiger partial charge >= 0.3 is 0 Å². The smallest absolute Gasteiger partial charge is 0.235 e. The van der Waals surface area contributed by atoms with Crippen LogP contribution in [0.4, 0.5) is 11.4 Å². The van der Waals surface area contributed by atoms with Crippen molar-refractivity contribution >= 4 is 66.6 Å². The van der Waals surface area contributed by atoms with Crippen molar-refractivity contribution in [1.29, 1.82) is 0 Å². The molecule has 2 atom stereocenters. The lowest BCUT2D eigenvalue weighted by Crippen LogP contribution is -2.29. The quantitative estimate of drug-likeness (QED) is 0.181. The van der Waals surface area contributed by atoms with Crippen LogP contribution in [0, 0.1) is 0 Å². The fraction of sp³-hybridized carbons (Fsp3) is 0.0385. The summed E-state index contributed by atoms with van der Waals surface area (Å²) in [6.07, 6.45) is 6.95. The summed E-state index contributed by atoms with van der Waals surface area (Å²) in [5.41, 5.74) is 12.7. The summed E-state index contributed by atoms with van der Waals surface area (Å²) in [5, 5.41) is 8.66. The Labute approximate surface area is 328 Å². The number of rotatable bonds is 4. The highest BCUT2D eigenvalue weighted by molar-refractivity contribution is 6.10. The number of hydrogen-bond donors (Lipinski definition) is 0. The molecule has 5 heteroatoms. The zero-order valence-corrected chi connectivity index (χ0v) is 30.8. The molecule has 13 rings (SSSR count). The zero-order chi connectivity index (χ0) is 37.2. The van der Waals surface area contributed by atoms with Crippen LogP contribution in [0.15, 0.2) is 182 Å². The molecule has 2 unspecified atom stereocenters. The van der Waals surface area contributed by atoms with E-state index in [4.69, 9.17) is 9.97 Å². The normalized spacial score (nSPS) is 16.4. The molecule has 0 bridgehead atoms. The van der Waals surface area contributed by atoms with Crippen LogP contribution in [0.2, 0.25) is 0 Å². The maximum absolute atomic E-state index is 5.29. The average molecular weight is 728 g/mol. The molecular weight excluding hydrogens is 695 g/mol. The second-order valence-corrected chi connectivity index (χ2v) is 15.3. The monoisotopic (exact) mass is 727 g/mol. The van der Waals surface area contributed by atoms with Crippen molar-refractivity contribution < 1.29 is 0 Å². The van der Waals surface area contributed by atoms with Gasteiger partial charge in [-0.2, -0.15) is 0 Å². The van der Waals surface area contributed by atoms with Gasteiger partial charge in [0.15, 0.2) is 0 Å². The van der Waals surface area contributed by atoms with Crippen molar-refractivity contribution in [1.82, 2.24) is 19.1 Å². The van der Waals surface area contributed by atoms with E-state index >= 15 is 0 Å². The maximum Gasteiger partial charge on any atom is 0.235 e. The number of nitrogens with zero attached hydrogens (tertiary/aromatic N) is 5. The lowest BCUT2D eigenvalue weighted by molar-refractivity contribution is 0.576. The molecule has 57 heavy (non-hydrogen) atoms. The van der Waals surface area contributed by atoms with E-state index in [0.717, 1.165) is 33.2 Å². The number of para-hydroxylation sites is 3. The highest BCUT2D eigenvalue weighted by Crippen LogP contribution is 2.56. The molecule has 5 nitrogen and oxygen atoms in total. The topological polar surface area (TPSA) is 38.9 Å². The lowest BCUT2D eigenvalue weighted by atomic mass is 9.89. The van der Waals surface area contributed by atoms with E-state index in [1.165, 1.54) is 66.0 Å². The van der Waals surface area contributed by atoms with Crippen molar-refractivity contribution in [2.45, 2.75) is 12.0 Å². The molecule has 266 valence electrons. The maximum atomic E-state index is 5.29. The van der Waals surface area contributed by atoms with Gasteiger partial charge in [0.25, 0.3) is 0 Å². The average Bonchev–Trinajstić information content (AvgIpc) is 4.00. The molecule has 10 aromatic rings. The number of aromatic nitrogens is 4. The molecule has 0 amide bonds. The van der Waals surface area contributed by atoms with E-state index in [-0.39, 0.29) is 12.0 Å². The number of hydrogen-bond acceptors (Lipinski definition) is 3. The molecule has 0 fully saturated rings. The molecule has 3 aromatic heterocycles. The summed E-state index contributed by atoms with van der Waals surface area (Å²) in [6, 6.07) is 61.4. The second kappa shape index (κ2) is 11.5. The van der Waals surface area contributed by atoms with Gasteiger partial charge in [-0.1, -0.05) is 133 Å². The van der Waals surface area contributed by atoms with Crippen LogP contribution in [-0.2, 0) is 0 Å². The van der Waals surface area contributed by atoms with Gasteiger partial charge in [-0.25, -0.2) is 9.97 Å². The molecular formula is C52H33N5. The number of allylic oxidation sites excluding steroid dienone is 2. The molecule has 7 aromatic carbocycles. The summed E-state index contributed by atoms with van der Waals surface area (Å²) < 4.78 is 4.82. The van der Waals surface area contributed by atoms with Crippen LogP contribution in [0.3, 0.4) is 0 Å². The Bertz CT molecular complexity index is 3480. The van der Waals surface area contributed by atoms with Gasteiger partial charge in [0.05, 0.1) is 45.2 Å². The Morgan fingerprint density at radius 1 is 0.509 bits per heavy atom. The fourth-order valence-corrected chi connectivity index (χ4v) is 10.0. The SMILES string of the molecule is C1=CC2C3C(=c4c5ccccc5c(n42)=C1)N(c1ccccc1)c1ccc(-c2ccc4c(c2)c2ccccc2n4-c2nc(-c4ccccc4)c4ccccc4n2)cc13. The lowest BCUT2D eigenvalue weighted by Gasteiger charge is -2.22. The highest BCUT2D eigenvalue weighted by atomic mass is 15.2. The third kappa shape index (κ3) is 4.23. The third-order valence-electron chi connectivity index (χ3n) is 12.4. The predicted molar refractivity (Wildman–Crippen MR) is 233 cm³/mol. The van der Waals surface area contributed by atoms with Crippen molar-refractivity contribution in [2.24, 2.45) is 0 Å². The van der Waals surface area contributed by atoms with Crippen molar-refractivity contribution in [3.63, 3.8) is 0 Å². The molecule has 0 spiro atoms. The van der Waals surface area contributed by atoms with E-state index in [0.29, 0.717) is 5.95 Å². The minimum absolute atomic E-state index is 0.193. The molecule has 0 N–H and O–H groups in total. The minimum atomic E-state index is 0.193. The van der Waals surface area contributed by atoms with E-state index in [9.17, 15) is 0 Å². The fourth-order valence-electron chi connectivity index (χ4n) is 10.0. The Kier molecular flexibility index (Phi) is 6.22. The summed E-state index contributed by atoms with van der Waals surface area (Å²) in [4.78, 5) is 13.0. The van der Waals surface area contributed by atoms with E-state index in [1.54, 1.807) is 0 Å². The summed E-state index contributed by atoms with van der Waals surface area (Å²) in [5.74, 6) is 0.862. The summed E-state index contributed by atoms with van der Waals surface area (Å²) in [6.45, 7) is 0. The first-order valence-electron chi connectivity index (χ1n) is 19.7. The summed E-state index contributed by atoms with van der Waals surface area (Å²) >= 11 is 0. The first kappa shape index (κ1) is 30.8. The molecule has 3 aliphatic heterocycles. The van der Waals surface area contributed by atoms with E-state index in [2.05, 4.69) is 196 Å². The van der Waals surface area contributed by atoms with E-state index in [1.807, 2.05) is 6.07 Å². The number of fused-ring (bicyclic) bond motifs is 11. The molecule has 0 aliphatic carbocycles. The Balaban J connectivity index is 1.01. The number of benzene rings is 7. The first-order chi connectivity index (χ1) is 28.3. The van der Waals surface area contributed by atoms with Gasteiger partial charge in [-0.05, 0) is 71.3 Å². The second-order valence-electron chi connectivity index (χ2n) is 15.3. The van der Waals surface area contributed by atoms with Crippen LogP contribution in [0.5, 0.6) is 0 Å². The van der Waals surface area contributed by atoms with Gasteiger partial charge in [0.1, 0.15) is 0 Å². The standard InChI is InChI=1S/C52H33N5/c1-3-14-32(15-4-1)49-39-21-9-11-22-42(39)53-52(54-49)57-44-23-12-10-19-37(44)40-30-33(26-28-45(40)57)34-27-29-46-41(31-34)48-47-25-13-24-43-36-18-7-8-20-38(36)50(56(43)47)51(48)55(46)35-16-5-2-6-17-35/h1-31,47-48H. The Hall–Kier alpha value is -7.50. The predicted octanol–water partition coefficient (Wildman–Crippen LogP) is 11.0. The summed E-state index contributed by atoms with van der Waals surface area (Å²) in [7, 11) is 0. The van der Waals surface area contributed by atoms with Gasteiger partial charge < -0.3 is 9.47 Å². The minimum Gasteiger partial charge on any atom is -0.331 e. The molecule has 0 saturated heterocycles. The van der Waals surface area contributed by atoms with Crippen LogP contribution >= 0.6 is 0 Å². The van der Waals surface area contributed by atoms with Crippen molar-refractivity contribution in [3.05, 3.63) is 198 Å². The van der Waals surface area contributed by atoms with Crippen molar-refractivity contribution in [2.75, 3.05) is 4.90 Å². The van der Waals surface area contributed by atoms with Gasteiger partial charge in [0.2, 0.25) is 5.95 Å². The molecule has 0 radical (unpaired) electrons. The highest BCUT2D eigenvalue weighted by Gasteiger charge is 2.46. The zero-order valence-electron chi connectivity index (χ0n) is 30.8. The van der Waals surface area contributed by atoms with E-state index < -0.39 is 0 Å². The van der Waals surface area contributed by atoms with Crippen molar-refractivity contribution in [3.8, 4) is 28.3 Å². The Morgan fingerprint density at radius 3 is 2.05 bits per heavy atom. The van der Waals surface area contributed by atoms with Gasteiger partial charge in [-0.15, -0.1) is 0 Å². The molecule has 3 aliphatic rings.